The molecule has 34 heavy (non-hydrogen) atoms. The maximum Gasteiger partial charge on any atom is 0.410 e. The fourth-order valence-electron chi connectivity index (χ4n) is 5.05. The standard InChI is InChI=1S/C24H36N4O5S/c1-16-13-19(9-12-21(16)25-3)18-7-10-20(11-8-18)33-15-23-22(26-34(30,31)27(4)5)14-17(2)28(23)24(29)32-6/h9,12-13,17-18,20,22-23,26H,7-8,10-11,14-15H2,1-2,4-6H3/t17-,18?,20?,22+,23+/m1/s1. The van der Waals surface area contributed by atoms with E-state index in [1.807, 2.05) is 19.9 Å². The van der Waals surface area contributed by atoms with E-state index in [-0.39, 0.29) is 18.8 Å². The highest BCUT2D eigenvalue weighted by molar-refractivity contribution is 7.87. The first-order valence-electron chi connectivity index (χ1n) is 11.7. The Hall–Kier alpha value is -2.19. The lowest BCUT2D eigenvalue weighted by molar-refractivity contribution is -0.00865. The molecule has 10 heteroatoms. The molecule has 1 aliphatic carbocycles. The average molecular weight is 493 g/mol. The van der Waals surface area contributed by atoms with Crippen molar-refractivity contribution in [3.8, 4) is 0 Å². The van der Waals surface area contributed by atoms with E-state index in [4.69, 9.17) is 16.0 Å². The molecule has 0 bridgehead atoms. The number of benzene rings is 1. The number of aryl methyl sites for hydroxylation is 1. The van der Waals surface area contributed by atoms with Crippen molar-refractivity contribution >= 4 is 22.0 Å². The largest absolute Gasteiger partial charge is 0.453 e. The van der Waals surface area contributed by atoms with Crippen molar-refractivity contribution in [3.05, 3.63) is 40.7 Å². The number of carbonyl (C=O) groups excluding carboxylic acids is 1. The minimum absolute atomic E-state index is 0.0568. The van der Waals surface area contributed by atoms with Gasteiger partial charge in [-0.25, -0.2) is 9.64 Å². The normalized spacial score (nSPS) is 27.6. The number of nitrogens with zero attached hydrogens (tertiary/aromatic N) is 3. The first-order chi connectivity index (χ1) is 16.1. The molecule has 1 aliphatic heterocycles. The van der Waals surface area contributed by atoms with Crippen molar-refractivity contribution < 1.29 is 22.7 Å². The summed E-state index contributed by atoms with van der Waals surface area (Å²) in [6, 6.07) is 5.00. The van der Waals surface area contributed by atoms with Gasteiger partial charge in [0.15, 0.2) is 5.69 Å². The van der Waals surface area contributed by atoms with Crippen LogP contribution >= 0.6 is 0 Å². The number of methoxy groups -OCH3 is 1. The monoisotopic (exact) mass is 492 g/mol. The fraction of sp³-hybridized carbons (Fsp3) is 0.667. The summed E-state index contributed by atoms with van der Waals surface area (Å²) in [6.45, 7) is 11.3. The molecule has 1 aromatic carbocycles. The molecule has 2 fully saturated rings. The molecule has 2 aliphatic rings. The van der Waals surface area contributed by atoms with E-state index >= 15 is 0 Å². The number of amides is 1. The number of nitrogens with one attached hydrogen (secondary N) is 1. The lowest BCUT2D eigenvalue weighted by Gasteiger charge is -2.33. The maximum absolute atomic E-state index is 12.4. The van der Waals surface area contributed by atoms with E-state index in [1.54, 1.807) is 4.90 Å². The van der Waals surface area contributed by atoms with Gasteiger partial charge in [-0.15, -0.1) is 0 Å². The Kier molecular flexibility index (Phi) is 8.57. The number of carbonyl (C=O) groups is 1. The van der Waals surface area contributed by atoms with Crippen LogP contribution in [0.25, 0.3) is 4.85 Å². The molecule has 1 saturated heterocycles. The Bertz CT molecular complexity index is 1010. The van der Waals surface area contributed by atoms with Crippen LogP contribution in [0, 0.1) is 13.5 Å². The second kappa shape index (κ2) is 11.0. The molecule has 3 rings (SSSR count). The number of likely N-dealkylation sites (tertiary alicyclic amines) is 1. The van der Waals surface area contributed by atoms with Gasteiger partial charge in [0.2, 0.25) is 0 Å². The van der Waals surface area contributed by atoms with E-state index in [0.29, 0.717) is 18.0 Å². The molecule has 188 valence electrons. The summed E-state index contributed by atoms with van der Waals surface area (Å²) < 4.78 is 40.0. The highest BCUT2D eigenvalue weighted by atomic mass is 32.2. The lowest BCUT2D eigenvalue weighted by atomic mass is 9.82. The van der Waals surface area contributed by atoms with E-state index in [2.05, 4.69) is 21.7 Å². The molecule has 0 spiro atoms. The highest BCUT2D eigenvalue weighted by Crippen LogP contribution is 2.36. The van der Waals surface area contributed by atoms with Gasteiger partial charge < -0.3 is 9.47 Å². The van der Waals surface area contributed by atoms with Crippen LogP contribution in [0.4, 0.5) is 10.5 Å². The molecule has 0 radical (unpaired) electrons. The third kappa shape index (κ3) is 5.89. The molecule has 1 aromatic rings. The van der Waals surface area contributed by atoms with Crippen LogP contribution < -0.4 is 4.72 Å². The Labute approximate surface area is 203 Å². The fourth-order valence-corrected chi connectivity index (χ4v) is 5.90. The van der Waals surface area contributed by atoms with Crippen molar-refractivity contribution in [1.82, 2.24) is 13.9 Å². The zero-order valence-electron chi connectivity index (χ0n) is 20.7. The summed E-state index contributed by atoms with van der Waals surface area (Å²) in [5.74, 6) is 0.441. The first-order valence-corrected chi connectivity index (χ1v) is 13.2. The predicted octanol–water partition coefficient (Wildman–Crippen LogP) is 3.58. The van der Waals surface area contributed by atoms with Gasteiger partial charge in [0.05, 0.1) is 32.4 Å². The van der Waals surface area contributed by atoms with Gasteiger partial charge in [0, 0.05) is 26.2 Å². The van der Waals surface area contributed by atoms with Gasteiger partial charge in [-0.05, 0) is 63.0 Å². The van der Waals surface area contributed by atoms with Gasteiger partial charge in [0.1, 0.15) is 0 Å². The predicted molar refractivity (Wildman–Crippen MR) is 130 cm³/mol. The zero-order chi connectivity index (χ0) is 25.0. The van der Waals surface area contributed by atoms with E-state index in [1.165, 1.54) is 26.8 Å². The van der Waals surface area contributed by atoms with Crippen LogP contribution in [0.5, 0.6) is 0 Å². The van der Waals surface area contributed by atoms with Crippen LogP contribution in [-0.4, -0.2) is 75.8 Å². The summed E-state index contributed by atoms with van der Waals surface area (Å²) in [4.78, 5) is 17.6. The first kappa shape index (κ1) is 26.4. The minimum Gasteiger partial charge on any atom is -0.453 e. The number of hydrogen-bond acceptors (Lipinski definition) is 5. The van der Waals surface area contributed by atoms with Crippen molar-refractivity contribution in [2.75, 3.05) is 27.8 Å². The summed E-state index contributed by atoms with van der Waals surface area (Å²) >= 11 is 0. The molecule has 1 heterocycles. The van der Waals surface area contributed by atoms with Crippen LogP contribution in [0.3, 0.4) is 0 Å². The SMILES string of the molecule is [C-]#[N+]c1ccc(C2CCC(OC[C@H]3[C@@H](NS(=O)(=O)N(C)C)C[C@@H](C)N3C(=O)OC)CC2)cc1C. The van der Waals surface area contributed by atoms with Gasteiger partial charge in [-0.3, -0.25) is 4.90 Å². The van der Waals surface area contributed by atoms with Crippen LogP contribution in [0.1, 0.15) is 56.1 Å². The number of rotatable bonds is 7. The Morgan fingerprint density at radius 2 is 1.94 bits per heavy atom. The molecule has 3 atom stereocenters. The van der Waals surface area contributed by atoms with Crippen molar-refractivity contribution in [3.63, 3.8) is 0 Å². The average Bonchev–Trinajstić information content (AvgIpc) is 3.11. The molecule has 0 unspecified atom stereocenters. The molecule has 9 nitrogen and oxygen atoms in total. The molecule has 0 aromatic heterocycles. The third-order valence-corrected chi connectivity index (χ3v) is 8.61. The Balaban J connectivity index is 1.63. The minimum atomic E-state index is -3.65. The molecule has 1 saturated carbocycles. The molecular weight excluding hydrogens is 456 g/mol. The Morgan fingerprint density at radius 1 is 1.26 bits per heavy atom. The van der Waals surface area contributed by atoms with Gasteiger partial charge >= 0.3 is 6.09 Å². The summed E-state index contributed by atoms with van der Waals surface area (Å²) in [6.07, 6.45) is 3.82. The smallest absolute Gasteiger partial charge is 0.410 e. The summed E-state index contributed by atoms with van der Waals surface area (Å²) in [5, 5.41) is 0. The number of hydrogen-bond donors (Lipinski definition) is 1. The molecular formula is C24H36N4O5S. The van der Waals surface area contributed by atoms with Crippen LogP contribution in [0.2, 0.25) is 0 Å². The van der Waals surface area contributed by atoms with Gasteiger partial charge in [-0.1, -0.05) is 18.2 Å². The van der Waals surface area contributed by atoms with Crippen molar-refractivity contribution in [1.29, 1.82) is 0 Å². The molecule has 1 N–H and O–H groups in total. The van der Waals surface area contributed by atoms with Gasteiger partial charge in [0.25, 0.3) is 10.2 Å². The second-order valence-electron chi connectivity index (χ2n) is 9.51. The van der Waals surface area contributed by atoms with E-state index in [0.717, 1.165) is 35.6 Å². The van der Waals surface area contributed by atoms with Crippen LogP contribution in [0.15, 0.2) is 18.2 Å². The lowest BCUT2D eigenvalue weighted by Crippen LogP contribution is -2.52. The maximum atomic E-state index is 12.4. The summed E-state index contributed by atoms with van der Waals surface area (Å²) in [7, 11) is 0.622. The Morgan fingerprint density at radius 3 is 2.50 bits per heavy atom. The van der Waals surface area contributed by atoms with Gasteiger partial charge in [-0.2, -0.15) is 17.4 Å². The zero-order valence-corrected chi connectivity index (χ0v) is 21.5. The van der Waals surface area contributed by atoms with Crippen molar-refractivity contribution in [2.24, 2.45) is 0 Å². The van der Waals surface area contributed by atoms with Crippen molar-refractivity contribution in [2.45, 2.75) is 76.1 Å². The van der Waals surface area contributed by atoms with Crippen LogP contribution in [-0.2, 0) is 19.7 Å². The molecule has 1 amide bonds. The number of ether oxygens (including phenoxy) is 2. The third-order valence-electron chi connectivity index (χ3n) is 7.05. The topological polar surface area (TPSA) is 92.5 Å². The van der Waals surface area contributed by atoms with E-state index in [9.17, 15) is 13.2 Å². The highest BCUT2D eigenvalue weighted by Gasteiger charge is 2.44. The quantitative estimate of drug-likeness (QED) is 0.588. The summed E-state index contributed by atoms with van der Waals surface area (Å²) in [5.41, 5.74) is 2.97. The van der Waals surface area contributed by atoms with E-state index < -0.39 is 28.4 Å². The second-order valence-corrected chi connectivity index (χ2v) is 11.4.